The zero-order chi connectivity index (χ0) is 14.3. The molecule has 0 radical (unpaired) electrons. The molecule has 1 aromatic carbocycles. The van der Waals surface area contributed by atoms with E-state index >= 15 is 0 Å². The van der Waals surface area contributed by atoms with Gasteiger partial charge in [-0.05, 0) is 62.9 Å². The first-order valence-corrected chi connectivity index (χ1v) is 8.58. The molecule has 1 saturated heterocycles. The van der Waals surface area contributed by atoms with Crippen molar-refractivity contribution >= 4 is 24.8 Å². The number of hydrogen-bond acceptors (Lipinski definition) is 3. The van der Waals surface area contributed by atoms with Crippen molar-refractivity contribution in [2.75, 3.05) is 32.8 Å². The summed E-state index contributed by atoms with van der Waals surface area (Å²) in [5.41, 5.74) is 1.42. The first-order chi connectivity index (χ1) is 10.4. The van der Waals surface area contributed by atoms with Gasteiger partial charge in [-0.25, -0.2) is 0 Å². The lowest BCUT2D eigenvalue weighted by molar-refractivity contribution is 0.141. The minimum atomic E-state index is 0. The van der Waals surface area contributed by atoms with Gasteiger partial charge in [0.1, 0.15) is 5.75 Å². The van der Waals surface area contributed by atoms with Crippen LogP contribution in [0.5, 0.6) is 5.75 Å². The Bertz CT molecular complexity index is 445. The Balaban J connectivity index is 0.00000132. The van der Waals surface area contributed by atoms with Crippen LogP contribution in [0.2, 0.25) is 0 Å². The number of fused-ring (bicyclic) bond motifs is 3. The number of nitrogens with one attached hydrogen (secondary N) is 1. The number of aryl methyl sites for hydroxylation is 1. The van der Waals surface area contributed by atoms with Crippen LogP contribution in [-0.2, 0) is 6.42 Å². The fourth-order valence-electron chi connectivity index (χ4n) is 3.54. The number of rotatable bonds is 0. The van der Waals surface area contributed by atoms with E-state index < -0.39 is 0 Å². The van der Waals surface area contributed by atoms with Crippen molar-refractivity contribution in [3.8, 4) is 5.75 Å². The van der Waals surface area contributed by atoms with E-state index in [1.165, 1.54) is 50.8 Å². The van der Waals surface area contributed by atoms with E-state index in [1.807, 2.05) is 0 Å². The van der Waals surface area contributed by atoms with Gasteiger partial charge in [-0.2, -0.15) is 0 Å². The van der Waals surface area contributed by atoms with Gasteiger partial charge in [0, 0.05) is 19.1 Å². The third-order valence-electron chi connectivity index (χ3n) is 4.76. The van der Waals surface area contributed by atoms with Crippen molar-refractivity contribution < 1.29 is 4.74 Å². The van der Waals surface area contributed by atoms with Crippen LogP contribution in [0.1, 0.15) is 37.7 Å². The minimum Gasteiger partial charge on any atom is -0.494 e. The van der Waals surface area contributed by atoms with E-state index in [2.05, 4.69) is 34.5 Å². The van der Waals surface area contributed by atoms with E-state index in [1.54, 1.807) is 0 Å². The number of benzene rings is 1. The van der Waals surface area contributed by atoms with E-state index in [9.17, 15) is 0 Å². The Morgan fingerprint density at radius 2 is 1.91 bits per heavy atom. The number of nitrogens with zero attached hydrogens (tertiary/aromatic N) is 1. The lowest BCUT2D eigenvalue weighted by Gasteiger charge is -2.36. The fourth-order valence-corrected chi connectivity index (χ4v) is 3.54. The van der Waals surface area contributed by atoms with E-state index in [4.69, 9.17) is 4.74 Å². The van der Waals surface area contributed by atoms with Crippen LogP contribution in [0.15, 0.2) is 24.3 Å². The molecule has 5 heteroatoms. The normalized spacial score (nSPS) is 23.2. The summed E-state index contributed by atoms with van der Waals surface area (Å²) in [4.78, 5) is 2.71. The molecule has 2 bridgehead atoms. The summed E-state index contributed by atoms with van der Waals surface area (Å²) in [7, 11) is 0. The summed E-state index contributed by atoms with van der Waals surface area (Å²) in [5, 5.41) is 3.56. The van der Waals surface area contributed by atoms with Gasteiger partial charge in [0.05, 0.1) is 6.61 Å². The average Bonchev–Trinajstić information content (AvgIpc) is 2.53. The molecular weight excluding hydrogens is 331 g/mol. The summed E-state index contributed by atoms with van der Waals surface area (Å²) in [5.74, 6) is 1.03. The van der Waals surface area contributed by atoms with Crippen LogP contribution in [-0.4, -0.2) is 43.7 Å². The van der Waals surface area contributed by atoms with Crippen LogP contribution in [0.3, 0.4) is 0 Å². The molecule has 2 aliphatic rings. The largest absolute Gasteiger partial charge is 0.494 e. The molecule has 1 atom stereocenters. The minimum absolute atomic E-state index is 0. The highest BCUT2D eigenvalue weighted by atomic mass is 35.5. The average molecular weight is 361 g/mol. The van der Waals surface area contributed by atoms with E-state index in [-0.39, 0.29) is 24.8 Å². The first-order valence-electron chi connectivity index (χ1n) is 8.58. The highest BCUT2D eigenvalue weighted by Crippen LogP contribution is 2.22. The summed E-state index contributed by atoms with van der Waals surface area (Å²) < 4.78 is 5.85. The van der Waals surface area contributed by atoms with Gasteiger partial charge >= 0.3 is 0 Å². The number of ether oxygens (including phenoxy) is 1. The molecule has 2 heterocycles. The Labute approximate surface area is 153 Å². The highest BCUT2D eigenvalue weighted by Gasteiger charge is 2.21. The molecule has 0 aliphatic carbocycles. The molecule has 132 valence electrons. The van der Waals surface area contributed by atoms with Crippen LogP contribution in [0.25, 0.3) is 0 Å². The summed E-state index contributed by atoms with van der Waals surface area (Å²) in [6, 6.07) is 9.45. The molecule has 1 aromatic rings. The topological polar surface area (TPSA) is 24.5 Å². The molecule has 1 N–H and O–H groups in total. The maximum absolute atomic E-state index is 5.85. The Morgan fingerprint density at radius 1 is 1.00 bits per heavy atom. The summed E-state index contributed by atoms with van der Waals surface area (Å²) in [6.07, 6.45) is 7.68. The predicted molar refractivity (Wildman–Crippen MR) is 101 cm³/mol. The Morgan fingerprint density at radius 3 is 2.83 bits per heavy atom. The summed E-state index contributed by atoms with van der Waals surface area (Å²) in [6.45, 7) is 5.46. The molecule has 1 fully saturated rings. The van der Waals surface area contributed by atoms with Crippen LogP contribution < -0.4 is 10.1 Å². The van der Waals surface area contributed by atoms with Gasteiger partial charge in [0.25, 0.3) is 0 Å². The quantitative estimate of drug-likeness (QED) is 0.763. The van der Waals surface area contributed by atoms with E-state index in [0.29, 0.717) is 0 Å². The maximum atomic E-state index is 5.85. The monoisotopic (exact) mass is 360 g/mol. The first kappa shape index (κ1) is 20.6. The van der Waals surface area contributed by atoms with Gasteiger partial charge in [0.15, 0.2) is 0 Å². The molecule has 0 aromatic heterocycles. The molecule has 2 aliphatic heterocycles. The fraction of sp³-hybridized carbons (Fsp3) is 0.667. The highest BCUT2D eigenvalue weighted by molar-refractivity contribution is 5.85. The van der Waals surface area contributed by atoms with Crippen molar-refractivity contribution in [2.24, 2.45) is 0 Å². The predicted octanol–water partition coefficient (Wildman–Crippen LogP) is 3.69. The molecule has 3 rings (SSSR count). The van der Waals surface area contributed by atoms with Crippen molar-refractivity contribution in [1.82, 2.24) is 10.2 Å². The zero-order valence-corrected chi connectivity index (χ0v) is 15.5. The van der Waals surface area contributed by atoms with Crippen LogP contribution in [0, 0.1) is 0 Å². The lowest BCUT2D eigenvalue weighted by atomic mass is 9.95. The molecule has 0 saturated carbocycles. The van der Waals surface area contributed by atoms with Gasteiger partial charge < -0.3 is 10.1 Å². The van der Waals surface area contributed by atoms with Gasteiger partial charge in [-0.15, -0.1) is 24.8 Å². The molecule has 1 unspecified atom stereocenters. The zero-order valence-electron chi connectivity index (χ0n) is 13.8. The molecule has 23 heavy (non-hydrogen) atoms. The third-order valence-corrected chi connectivity index (χ3v) is 4.76. The lowest BCUT2D eigenvalue weighted by Crippen LogP contribution is -2.43. The summed E-state index contributed by atoms with van der Waals surface area (Å²) >= 11 is 0. The number of hydrogen-bond donors (Lipinski definition) is 1. The second-order valence-corrected chi connectivity index (χ2v) is 6.32. The number of halogens is 2. The Hall–Kier alpha value is -0.480. The van der Waals surface area contributed by atoms with Crippen molar-refractivity contribution in [1.29, 1.82) is 0 Å². The van der Waals surface area contributed by atoms with Crippen LogP contribution >= 0.6 is 24.8 Å². The van der Waals surface area contributed by atoms with E-state index in [0.717, 1.165) is 37.9 Å². The second-order valence-electron chi connectivity index (χ2n) is 6.32. The third kappa shape index (κ3) is 6.50. The molecule has 3 nitrogen and oxygen atoms in total. The van der Waals surface area contributed by atoms with Crippen molar-refractivity contribution in [3.63, 3.8) is 0 Å². The Kier molecular flexibility index (Phi) is 9.96. The molecule has 0 amide bonds. The van der Waals surface area contributed by atoms with Crippen molar-refractivity contribution in [2.45, 2.75) is 44.6 Å². The van der Waals surface area contributed by atoms with Gasteiger partial charge in [-0.1, -0.05) is 18.6 Å². The van der Waals surface area contributed by atoms with Gasteiger partial charge in [-0.3, -0.25) is 4.90 Å². The number of piperidine rings is 1. The molecule has 0 spiro atoms. The maximum Gasteiger partial charge on any atom is 0.119 e. The molecular formula is C18H30Cl2N2O. The standard InChI is InChI=1S/C18H28N2O.2ClH/c1-2-12-20-13-11-19-10-4-14-21-18-7-3-5-16(15-18)8-9-17(20)6-1;;/h3,5,7,15,17,19H,1-2,4,6,8-14H2;2*1H. The van der Waals surface area contributed by atoms with Crippen molar-refractivity contribution in [3.05, 3.63) is 29.8 Å². The second kappa shape index (κ2) is 11.1. The SMILES string of the molecule is Cl.Cl.c1cc2cc(c1)OCCCNCCN1CCCCC1CC2. The van der Waals surface area contributed by atoms with Crippen LogP contribution in [0.4, 0.5) is 0 Å². The van der Waals surface area contributed by atoms with Gasteiger partial charge in [0.2, 0.25) is 0 Å². The smallest absolute Gasteiger partial charge is 0.119 e.